The molecule has 2 aromatic rings. The van der Waals surface area contributed by atoms with Crippen molar-refractivity contribution in [2.45, 2.75) is 26.7 Å². The van der Waals surface area contributed by atoms with Gasteiger partial charge in [0.1, 0.15) is 4.88 Å². The van der Waals surface area contributed by atoms with Crippen molar-refractivity contribution in [2.24, 2.45) is 7.05 Å². The van der Waals surface area contributed by atoms with Gasteiger partial charge in [0.15, 0.2) is 0 Å². The summed E-state index contributed by atoms with van der Waals surface area (Å²) >= 11 is 1.54. The fourth-order valence-electron chi connectivity index (χ4n) is 2.75. The van der Waals surface area contributed by atoms with E-state index in [0.29, 0.717) is 6.61 Å². The van der Waals surface area contributed by atoms with Crippen LogP contribution in [0.5, 0.6) is 0 Å². The molecule has 1 aliphatic rings. The highest BCUT2D eigenvalue weighted by Gasteiger charge is 2.29. The van der Waals surface area contributed by atoms with Crippen LogP contribution in [-0.4, -0.2) is 22.4 Å². The molecule has 1 aliphatic carbocycles. The molecule has 2 heterocycles. The normalized spacial score (nSPS) is 13.0. The van der Waals surface area contributed by atoms with E-state index in [1.165, 1.54) is 27.3 Å². The minimum Gasteiger partial charge on any atom is -0.462 e. The first-order chi connectivity index (χ1) is 9.13. The minimum absolute atomic E-state index is 0.192. The zero-order valence-electron chi connectivity index (χ0n) is 11.3. The van der Waals surface area contributed by atoms with Crippen molar-refractivity contribution in [3.05, 3.63) is 27.1 Å². The molecule has 100 valence electrons. The molecule has 0 bridgehead atoms. The zero-order chi connectivity index (χ0) is 13.6. The first-order valence-corrected chi connectivity index (χ1v) is 7.25. The molecule has 4 nitrogen and oxygen atoms in total. The van der Waals surface area contributed by atoms with Gasteiger partial charge in [0.05, 0.1) is 18.5 Å². The number of aryl methyl sites for hydroxylation is 3. The summed E-state index contributed by atoms with van der Waals surface area (Å²) in [4.78, 5) is 14.0. The molecular weight excluding hydrogens is 260 g/mol. The fourth-order valence-corrected chi connectivity index (χ4v) is 3.85. The van der Waals surface area contributed by atoms with Crippen LogP contribution in [0.2, 0.25) is 0 Å². The average Bonchev–Trinajstić information content (AvgIpc) is 2.92. The predicted molar refractivity (Wildman–Crippen MR) is 74.6 cm³/mol. The van der Waals surface area contributed by atoms with Gasteiger partial charge >= 0.3 is 5.97 Å². The van der Waals surface area contributed by atoms with Crippen LogP contribution in [0.15, 0.2) is 6.20 Å². The van der Waals surface area contributed by atoms with E-state index in [9.17, 15) is 4.79 Å². The number of thiophene rings is 1. The largest absolute Gasteiger partial charge is 0.462 e. The molecule has 0 fully saturated rings. The van der Waals surface area contributed by atoms with E-state index in [0.717, 1.165) is 29.0 Å². The summed E-state index contributed by atoms with van der Waals surface area (Å²) in [6.07, 6.45) is 3.77. The van der Waals surface area contributed by atoms with E-state index in [1.807, 2.05) is 24.9 Å². The molecule has 3 rings (SSSR count). The van der Waals surface area contributed by atoms with Crippen molar-refractivity contribution in [1.29, 1.82) is 0 Å². The Kier molecular flexibility index (Phi) is 2.93. The summed E-state index contributed by atoms with van der Waals surface area (Å²) in [6, 6.07) is 0. The molecule has 0 saturated carbocycles. The molecule has 2 aromatic heterocycles. The maximum atomic E-state index is 12.0. The van der Waals surface area contributed by atoms with Crippen molar-refractivity contribution >= 4 is 17.3 Å². The number of fused-ring (bicyclic) bond motifs is 3. The second kappa shape index (κ2) is 4.49. The second-order valence-electron chi connectivity index (χ2n) is 4.70. The van der Waals surface area contributed by atoms with Gasteiger partial charge < -0.3 is 4.74 Å². The van der Waals surface area contributed by atoms with Gasteiger partial charge in [0, 0.05) is 17.5 Å². The van der Waals surface area contributed by atoms with E-state index in [4.69, 9.17) is 4.74 Å². The Labute approximate surface area is 116 Å². The third kappa shape index (κ3) is 1.80. The maximum Gasteiger partial charge on any atom is 0.348 e. The van der Waals surface area contributed by atoms with Gasteiger partial charge in [-0.2, -0.15) is 5.10 Å². The monoisotopic (exact) mass is 276 g/mol. The van der Waals surface area contributed by atoms with Crippen LogP contribution in [0.4, 0.5) is 0 Å². The molecule has 19 heavy (non-hydrogen) atoms. The molecule has 0 amide bonds. The van der Waals surface area contributed by atoms with E-state index >= 15 is 0 Å². The minimum atomic E-state index is -0.192. The molecule has 0 radical (unpaired) electrons. The Balaban J connectivity index is 2.17. The Hall–Kier alpha value is -1.62. The number of ether oxygens (including phenoxy) is 1. The standard InChI is InChI=1S/C14H16N2O2S/c1-4-18-14(17)13-10-6-5-9-7-15-16(3)12(9)11(10)8(2)19-13/h7H,4-6H2,1-3H3. The van der Waals surface area contributed by atoms with Crippen molar-refractivity contribution in [3.63, 3.8) is 0 Å². The van der Waals surface area contributed by atoms with E-state index < -0.39 is 0 Å². The predicted octanol–water partition coefficient (Wildman–Crippen LogP) is 2.73. The Morgan fingerprint density at radius 3 is 3.05 bits per heavy atom. The number of nitrogens with zero attached hydrogens (tertiary/aromatic N) is 2. The molecule has 0 saturated heterocycles. The molecule has 0 atom stereocenters. The summed E-state index contributed by atoms with van der Waals surface area (Å²) < 4.78 is 7.06. The Morgan fingerprint density at radius 1 is 1.53 bits per heavy atom. The number of carbonyl (C=O) groups is 1. The number of carbonyl (C=O) groups excluding carboxylic acids is 1. The summed E-state index contributed by atoms with van der Waals surface area (Å²) in [6.45, 7) is 4.32. The highest BCUT2D eigenvalue weighted by molar-refractivity contribution is 7.14. The van der Waals surface area contributed by atoms with Crippen molar-refractivity contribution in [3.8, 4) is 11.3 Å². The summed E-state index contributed by atoms with van der Waals surface area (Å²) in [5, 5.41) is 4.33. The van der Waals surface area contributed by atoms with Crippen LogP contribution in [0.25, 0.3) is 11.3 Å². The third-order valence-electron chi connectivity index (χ3n) is 3.54. The number of hydrogen-bond donors (Lipinski definition) is 0. The van der Waals surface area contributed by atoms with E-state index in [2.05, 4.69) is 12.0 Å². The SMILES string of the molecule is CCOC(=O)c1sc(C)c2c1CCc1cnn(C)c1-2. The van der Waals surface area contributed by atoms with Gasteiger partial charge in [0.25, 0.3) is 0 Å². The molecule has 0 unspecified atom stereocenters. The van der Waals surface area contributed by atoms with Gasteiger partial charge in [-0.3, -0.25) is 4.68 Å². The zero-order valence-corrected chi connectivity index (χ0v) is 12.1. The van der Waals surface area contributed by atoms with Crippen molar-refractivity contribution < 1.29 is 9.53 Å². The molecule has 0 spiro atoms. The van der Waals surface area contributed by atoms with Gasteiger partial charge in [-0.15, -0.1) is 11.3 Å². The molecule has 5 heteroatoms. The summed E-state index contributed by atoms with van der Waals surface area (Å²) in [5.74, 6) is -0.192. The molecular formula is C14H16N2O2S. The first-order valence-electron chi connectivity index (χ1n) is 6.44. The van der Waals surface area contributed by atoms with Gasteiger partial charge in [0.2, 0.25) is 0 Å². The van der Waals surface area contributed by atoms with E-state index in [-0.39, 0.29) is 5.97 Å². The van der Waals surface area contributed by atoms with E-state index in [1.54, 1.807) is 0 Å². The average molecular weight is 276 g/mol. The van der Waals surface area contributed by atoms with Crippen LogP contribution in [0.1, 0.15) is 32.6 Å². The Bertz CT molecular complexity index is 655. The van der Waals surface area contributed by atoms with Gasteiger partial charge in [-0.25, -0.2) is 4.79 Å². The number of rotatable bonds is 2. The van der Waals surface area contributed by atoms with Crippen molar-refractivity contribution in [1.82, 2.24) is 9.78 Å². The lowest BCUT2D eigenvalue weighted by molar-refractivity contribution is 0.0531. The topological polar surface area (TPSA) is 44.1 Å². The molecule has 0 aromatic carbocycles. The quantitative estimate of drug-likeness (QED) is 0.792. The second-order valence-corrected chi connectivity index (χ2v) is 5.93. The van der Waals surface area contributed by atoms with Crippen LogP contribution >= 0.6 is 11.3 Å². The summed E-state index contributed by atoms with van der Waals surface area (Å²) in [7, 11) is 1.95. The molecule has 0 aliphatic heterocycles. The van der Waals surface area contributed by atoms with Crippen LogP contribution in [0, 0.1) is 6.92 Å². The van der Waals surface area contributed by atoms with Gasteiger partial charge in [-0.1, -0.05) is 0 Å². The van der Waals surface area contributed by atoms with Crippen LogP contribution in [0.3, 0.4) is 0 Å². The smallest absolute Gasteiger partial charge is 0.348 e. The first kappa shape index (κ1) is 12.4. The van der Waals surface area contributed by atoms with Crippen LogP contribution in [-0.2, 0) is 24.6 Å². The highest BCUT2D eigenvalue weighted by Crippen LogP contribution is 2.42. The third-order valence-corrected chi connectivity index (χ3v) is 4.67. The molecule has 0 N–H and O–H groups in total. The lowest BCUT2D eigenvalue weighted by Gasteiger charge is -2.15. The number of hydrogen-bond acceptors (Lipinski definition) is 4. The fraction of sp³-hybridized carbons (Fsp3) is 0.429. The van der Waals surface area contributed by atoms with Crippen LogP contribution < -0.4 is 0 Å². The van der Waals surface area contributed by atoms with Gasteiger partial charge in [-0.05, 0) is 37.8 Å². The summed E-state index contributed by atoms with van der Waals surface area (Å²) in [5.41, 5.74) is 4.75. The maximum absolute atomic E-state index is 12.0. The number of esters is 1. The Morgan fingerprint density at radius 2 is 2.32 bits per heavy atom. The number of aromatic nitrogens is 2. The van der Waals surface area contributed by atoms with Crippen molar-refractivity contribution in [2.75, 3.05) is 6.61 Å². The lowest BCUT2D eigenvalue weighted by atomic mass is 9.90. The highest BCUT2D eigenvalue weighted by atomic mass is 32.1. The lowest BCUT2D eigenvalue weighted by Crippen LogP contribution is -2.10.